The van der Waals surface area contributed by atoms with E-state index in [4.69, 9.17) is 9.90 Å². The van der Waals surface area contributed by atoms with Crippen LogP contribution in [0.2, 0.25) is 11.8 Å². The summed E-state index contributed by atoms with van der Waals surface area (Å²) in [4.78, 5) is 9.14. The van der Waals surface area contributed by atoms with Crippen molar-refractivity contribution in [3.63, 3.8) is 0 Å². The van der Waals surface area contributed by atoms with Crippen LogP contribution >= 0.6 is 0 Å². The van der Waals surface area contributed by atoms with E-state index in [-0.39, 0.29) is 0 Å². The van der Waals surface area contributed by atoms with E-state index >= 15 is 0 Å². The zero-order chi connectivity index (χ0) is 14.2. The van der Waals surface area contributed by atoms with Crippen molar-refractivity contribution >= 4 is 25.7 Å². The molecule has 18 heavy (non-hydrogen) atoms. The predicted octanol–water partition coefficient (Wildman–Crippen LogP) is 3.56. The summed E-state index contributed by atoms with van der Waals surface area (Å²) in [5, 5.41) is 9.14. The average molecular weight is 359 g/mol. The molecule has 0 aromatic heterocycles. The zero-order valence-corrected chi connectivity index (χ0v) is 15.3. The molecule has 0 aromatic rings. The molecule has 0 atom stereocenters. The van der Waals surface area contributed by atoms with Gasteiger partial charge in [0.1, 0.15) is 0 Å². The predicted molar refractivity (Wildman–Crippen MR) is 78.0 cm³/mol. The molecule has 0 saturated heterocycles. The molecule has 1 aliphatic rings. The molecule has 0 spiro atoms. The Morgan fingerprint density at radius 2 is 1.78 bits per heavy atom. The van der Waals surface area contributed by atoms with Gasteiger partial charge in [-0.3, -0.25) is 0 Å². The Morgan fingerprint density at radius 3 is 2.06 bits per heavy atom. The Kier molecular flexibility index (Phi) is 9.00. The van der Waals surface area contributed by atoms with Crippen molar-refractivity contribution < 1.29 is 9.90 Å². The van der Waals surface area contributed by atoms with Gasteiger partial charge in [0.2, 0.25) is 0 Å². The number of hydrogen-bond acceptors (Lipinski definition) is 2. The van der Waals surface area contributed by atoms with E-state index in [1.807, 2.05) is 0 Å². The van der Waals surface area contributed by atoms with Gasteiger partial charge in [-0.15, -0.1) is 0 Å². The Morgan fingerprint density at radius 1 is 1.33 bits per heavy atom. The number of carboxylic acids is 1. The molecule has 0 unspecified atom stereocenters. The van der Waals surface area contributed by atoms with Crippen molar-refractivity contribution in [3.8, 4) is 0 Å². The molecule has 1 aliphatic carbocycles. The average Bonchev–Trinajstić information content (AvgIpc) is 2.30. The van der Waals surface area contributed by atoms with Gasteiger partial charge in [-0.05, 0) is 6.08 Å². The van der Waals surface area contributed by atoms with Crippen LogP contribution in [0.5, 0.6) is 0 Å². The summed E-state index contributed by atoms with van der Waals surface area (Å²) in [5.74, 6) is -1.23. The van der Waals surface area contributed by atoms with Crippen LogP contribution in [0.3, 0.4) is 0 Å². The maximum absolute atomic E-state index is 9.14. The van der Waals surface area contributed by atoms with Crippen molar-refractivity contribution in [1.29, 1.82) is 0 Å². The summed E-state index contributed by atoms with van der Waals surface area (Å²) in [5.41, 5.74) is 0. The minimum atomic E-state index is -1.23. The number of carbonyl (C=O) groups is 1. The third-order valence-corrected chi connectivity index (χ3v) is 15.7. The van der Waals surface area contributed by atoms with Crippen molar-refractivity contribution in [3.05, 3.63) is 12.7 Å². The number of carboxylic acid groups (broad SMARTS) is 1. The van der Waals surface area contributed by atoms with Crippen LogP contribution in [-0.4, -0.2) is 25.7 Å². The molecule has 0 aromatic carbocycles. The van der Waals surface area contributed by atoms with Crippen molar-refractivity contribution in [2.24, 2.45) is 0 Å². The fourth-order valence-corrected chi connectivity index (χ4v) is 14.2. The zero-order valence-electron chi connectivity index (χ0n) is 12.4. The molecule has 104 valence electrons. The van der Waals surface area contributed by atoms with Gasteiger partial charge in [0.25, 0.3) is 0 Å². The number of carbonyl (C=O) groups excluding carboxylic acids is 1. The standard InChI is InChI=1S/C6H11.C4H9.C3H4O2.C2H5.Sn/c1-2-4-6-5-3-1;1-4(2)3;1-2-3(4)5;1-2;/h1H,2-6H2;1-3H3;2H,1H2,(H,4,5);1H2,2H3;/q;;;;+1/p-1. The molecular weight excluding hydrogens is 331 g/mol. The second-order valence-corrected chi connectivity index (χ2v) is 17.6. The van der Waals surface area contributed by atoms with Gasteiger partial charge in [-0.25, -0.2) is 0 Å². The van der Waals surface area contributed by atoms with Gasteiger partial charge < -0.3 is 9.90 Å². The van der Waals surface area contributed by atoms with Gasteiger partial charge >= 0.3 is 91.4 Å². The van der Waals surface area contributed by atoms with Gasteiger partial charge in [-0.2, -0.15) is 0 Å². The first kappa shape index (κ1) is 18.0. The third kappa shape index (κ3) is 7.44. The molecule has 1 rings (SSSR count). The second-order valence-electron chi connectivity index (χ2n) is 5.99. The van der Waals surface area contributed by atoms with E-state index in [1.54, 1.807) is 17.3 Å². The van der Waals surface area contributed by atoms with Crippen molar-refractivity contribution in [2.75, 3.05) is 0 Å². The minimum absolute atomic E-state index is 0.721. The van der Waals surface area contributed by atoms with Gasteiger partial charge in [0, 0.05) is 0 Å². The molecule has 0 aliphatic heterocycles. The van der Waals surface area contributed by atoms with Crippen molar-refractivity contribution in [2.45, 2.75) is 71.6 Å². The first-order valence-corrected chi connectivity index (χ1v) is 12.1. The normalized spacial score (nSPS) is 16.4. The quantitative estimate of drug-likeness (QED) is 0.571. The van der Waals surface area contributed by atoms with E-state index < -0.39 is 25.7 Å². The first-order chi connectivity index (χ1) is 8.32. The van der Waals surface area contributed by atoms with Crippen LogP contribution in [0.25, 0.3) is 0 Å². The van der Waals surface area contributed by atoms with Crippen molar-refractivity contribution in [1.82, 2.24) is 0 Å². The summed E-state index contributed by atoms with van der Waals surface area (Å²) >= 11 is -1.08. The van der Waals surface area contributed by atoms with E-state index in [0.717, 1.165) is 9.51 Å². The van der Waals surface area contributed by atoms with Gasteiger partial charge in [0.15, 0.2) is 0 Å². The molecule has 1 saturated carbocycles. The van der Waals surface area contributed by atoms with Gasteiger partial charge in [-0.1, -0.05) is 6.58 Å². The number of rotatable bonds is 3. The second kappa shape index (κ2) is 9.00. The van der Waals surface area contributed by atoms with Crippen LogP contribution in [-0.2, 0) is 4.79 Å². The molecule has 0 bridgehead atoms. The topological polar surface area (TPSA) is 40.1 Å². The molecule has 3 heteroatoms. The van der Waals surface area contributed by atoms with Crippen LogP contribution in [0.1, 0.15) is 59.8 Å². The SMILES string of the molecule is C=CC(=O)[O-].C[CH2][Sn+]([CH]1CCCCC1)[C](C)(C)C. The summed E-state index contributed by atoms with van der Waals surface area (Å²) in [7, 11) is 0. The molecule has 0 amide bonds. The Balaban J connectivity index is 0.000000494. The van der Waals surface area contributed by atoms with Crippen LogP contribution in [0.4, 0.5) is 0 Å². The first-order valence-electron chi connectivity index (χ1n) is 7.02. The molecular formula is C15H28O2Sn. The summed E-state index contributed by atoms with van der Waals surface area (Å²) in [6, 6.07) is 0. The Labute approximate surface area is 120 Å². The monoisotopic (exact) mass is 360 g/mol. The Bertz CT molecular complexity index is 250. The summed E-state index contributed by atoms with van der Waals surface area (Å²) < 4.78 is 3.51. The molecule has 0 radical (unpaired) electrons. The van der Waals surface area contributed by atoms with E-state index in [9.17, 15) is 0 Å². The molecule has 0 heterocycles. The van der Waals surface area contributed by atoms with Crippen LogP contribution < -0.4 is 5.11 Å². The fraction of sp³-hybridized carbons (Fsp3) is 0.800. The summed E-state index contributed by atoms with van der Waals surface area (Å²) in [6.07, 6.45) is 8.47. The fourth-order valence-electron chi connectivity index (χ4n) is 2.88. The number of hydrogen-bond donors (Lipinski definition) is 0. The van der Waals surface area contributed by atoms with E-state index in [2.05, 4.69) is 34.3 Å². The van der Waals surface area contributed by atoms with Crippen LogP contribution in [0.15, 0.2) is 12.7 Å². The molecule has 0 N–H and O–H groups in total. The van der Waals surface area contributed by atoms with E-state index in [1.165, 1.54) is 23.2 Å². The molecule has 2 nitrogen and oxygen atoms in total. The maximum atomic E-state index is 9.14. The molecule has 1 fully saturated rings. The van der Waals surface area contributed by atoms with E-state index in [0.29, 0.717) is 0 Å². The van der Waals surface area contributed by atoms with Crippen LogP contribution in [0, 0.1) is 0 Å². The van der Waals surface area contributed by atoms with Gasteiger partial charge in [0.05, 0.1) is 5.97 Å². The Hall–Kier alpha value is 0.00870. The third-order valence-electron chi connectivity index (χ3n) is 3.61. The summed E-state index contributed by atoms with van der Waals surface area (Å²) in [6.45, 7) is 12.9. The number of aliphatic carboxylic acids is 1.